The number of carbonyl (C=O) groups excluding carboxylic acids is 1. The van der Waals surface area contributed by atoms with E-state index in [2.05, 4.69) is 11.1 Å². The standard InChI is InChI=1S/C42H34N4O6S/c1-4-24-52-34-22-16-30(17-23-34)39-37(41(48)51-5-2)27(3)43-42-45(39)40(47)36(53-42)26-31-25-35(28-12-8-6-9-13-28)44(38(31)29-14-10-7-11-15-29)32-18-20-33(21-19-32)46(49)50/h4,6-23,25-26,39H,1,5,24H2,2-3H3/b36-26-/t39-/m0/s1. The summed E-state index contributed by atoms with van der Waals surface area (Å²) in [5.41, 5.74) is 5.99. The molecule has 10 nitrogen and oxygen atoms in total. The van der Waals surface area contributed by atoms with E-state index in [1.807, 2.05) is 84.9 Å². The molecule has 53 heavy (non-hydrogen) atoms. The molecule has 0 bridgehead atoms. The van der Waals surface area contributed by atoms with Gasteiger partial charge in [0.1, 0.15) is 12.4 Å². The summed E-state index contributed by atoms with van der Waals surface area (Å²) in [6.07, 6.45) is 3.51. The number of nitro groups is 1. The second kappa shape index (κ2) is 14.9. The Kier molecular flexibility index (Phi) is 9.82. The van der Waals surface area contributed by atoms with Crippen molar-refractivity contribution in [3.63, 3.8) is 0 Å². The summed E-state index contributed by atoms with van der Waals surface area (Å²) in [6, 6.07) is 34.5. The van der Waals surface area contributed by atoms with E-state index in [4.69, 9.17) is 14.5 Å². The number of fused-ring (bicyclic) bond motifs is 1. The van der Waals surface area contributed by atoms with Crippen molar-refractivity contribution >= 4 is 29.1 Å². The van der Waals surface area contributed by atoms with E-state index >= 15 is 0 Å². The average Bonchev–Trinajstić information content (AvgIpc) is 3.71. The van der Waals surface area contributed by atoms with Gasteiger partial charge in [-0.2, -0.15) is 0 Å². The number of nitrogens with zero attached hydrogens (tertiary/aromatic N) is 4. The average molecular weight is 723 g/mol. The number of aromatic nitrogens is 2. The summed E-state index contributed by atoms with van der Waals surface area (Å²) in [5, 5.41) is 11.5. The smallest absolute Gasteiger partial charge is 0.338 e. The van der Waals surface area contributed by atoms with Crippen molar-refractivity contribution in [3.05, 3.63) is 180 Å². The monoisotopic (exact) mass is 722 g/mol. The number of nitro benzene ring substituents is 1. The first-order valence-corrected chi connectivity index (χ1v) is 17.8. The number of esters is 1. The van der Waals surface area contributed by atoms with Gasteiger partial charge in [-0.1, -0.05) is 96.8 Å². The van der Waals surface area contributed by atoms with Gasteiger partial charge in [-0.25, -0.2) is 9.79 Å². The van der Waals surface area contributed by atoms with Crippen LogP contribution in [0.2, 0.25) is 0 Å². The maximum Gasteiger partial charge on any atom is 0.338 e. The molecule has 7 rings (SSSR count). The molecular weight excluding hydrogens is 689 g/mol. The highest BCUT2D eigenvalue weighted by molar-refractivity contribution is 7.07. The number of carbonyl (C=O) groups is 1. The predicted octanol–water partition coefficient (Wildman–Crippen LogP) is 7.40. The van der Waals surface area contributed by atoms with Crippen LogP contribution in [0.25, 0.3) is 34.3 Å². The molecule has 2 aromatic heterocycles. The Morgan fingerprint density at radius 1 is 0.962 bits per heavy atom. The number of rotatable bonds is 11. The van der Waals surface area contributed by atoms with Gasteiger partial charge in [0, 0.05) is 23.4 Å². The third-order valence-electron chi connectivity index (χ3n) is 8.83. The molecule has 6 aromatic rings. The number of allylic oxidation sites excluding steroid dienone is 1. The van der Waals surface area contributed by atoms with Crippen LogP contribution in [0, 0.1) is 10.1 Å². The van der Waals surface area contributed by atoms with Crippen LogP contribution in [-0.2, 0) is 9.53 Å². The van der Waals surface area contributed by atoms with Crippen molar-refractivity contribution in [1.82, 2.24) is 9.13 Å². The summed E-state index contributed by atoms with van der Waals surface area (Å²) in [5.74, 6) is 0.0821. The van der Waals surface area contributed by atoms with Crippen molar-refractivity contribution in [1.29, 1.82) is 0 Å². The number of hydrogen-bond acceptors (Lipinski definition) is 8. The first kappa shape index (κ1) is 34.8. The van der Waals surface area contributed by atoms with E-state index < -0.39 is 16.9 Å². The topological polar surface area (TPSA) is 118 Å². The fourth-order valence-corrected chi connectivity index (χ4v) is 7.53. The second-order valence-corrected chi connectivity index (χ2v) is 13.2. The zero-order valence-corrected chi connectivity index (χ0v) is 29.8. The van der Waals surface area contributed by atoms with E-state index in [9.17, 15) is 19.7 Å². The summed E-state index contributed by atoms with van der Waals surface area (Å²) >= 11 is 1.24. The first-order chi connectivity index (χ1) is 25.8. The Morgan fingerprint density at radius 3 is 2.25 bits per heavy atom. The molecule has 1 atom stereocenters. The maximum absolute atomic E-state index is 14.6. The maximum atomic E-state index is 14.6. The Morgan fingerprint density at radius 2 is 1.62 bits per heavy atom. The van der Waals surface area contributed by atoms with E-state index in [1.54, 1.807) is 48.8 Å². The SMILES string of the molecule is C=CCOc1ccc([C@H]2C(C(=O)OCC)=C(C)N=c3s/c(=C\c4cc(-c5ccccc5)n(-c5ccc([N+](=O)[O-])cc5)c4-c4ccccc4)c(=O)n32)cc1. The third-order valence-corrected chi connectivity index (χ3v) is 9.82. The van der Waals surface area contributed by atoms with Gasteiger partial charge in [0.25, 0.3) is 11.2 Å². The van der Waals surface area contributed by atoms with Crippen molar-refractivity contribution in [3.8, 4) is 34.0 Å². The highest BCUT2D eigenvalue weighted by Crippen LogP contribution is 2.37. The molecule has 0 aliphatic carbocycles. The van der Waals surface area contributed by atoms with E-state index in [-0.39, 0.29) is 23.4 Å². The molecule has 264 valence electrons. The van der Waals surface area contributed by atoms with Crippen molar-refractivity contribution < 1.29 is 19.2 Å². The molecule has 1 aliphatic rings. The number of non-ortho nitro benzene ring substituents is 1. The fourth-order valence-electron chi connectivity index (χ4n) is 6.49. The molecule has 0 saturated heterocycles. The quantitative estimate of drug-likeness (QED) is 0.0596. The molecule has 4 aromatic carbocycles. The lowest BCUT2D eigenvalue weighted by atomic mass is 9.96. The molecular formula is C42H34N4O6S. The molecule has 0 saturated carbocycles. The molecule has 0 unspecified atom stereocenters. The largest absolute Gasteiger partial charge is 0.490 e. The van der Waals surface area contributed by atoms with E-state index in [1.165, 1.54) is 23.5 Å². The summed E-state index contributed by atoms with van der Waals surface area (Å²) in [6.45, 7) is 7.69. The van der Waals surface area contributed by atoms with Crippen LogP contribution >= 0.6 is 11.3 Å². The van der Waals surface area contributed by atoms with Crippen molar-refractivity contribution in [2.75, 3.05) is 13.2 Å². The molecule has 3 heterocycles. The fraction of sp³-hybridized carbons (Fsp3) is 0.119. The Bertz CT molecular complexity index is 2550. The molecule has 0 fully saturated rings. The van der Waals surface area contributed by atoms with E-state index in [0.29, 0.717) is 38.6 Å². The highest BCUT2D eigenvalue weighted by atomic mass is 32.1. The van der Waals surface area contributed by atoms with Gasteiger partial charge in [-0.3, -0.25) is 19.5 Å². The van der Waals surface area contributed by atoms with Gasteiger partial charge in [0.05, 0.1) is 44.8 Å². The number of ether oxygens (including phenoxy) is 2. The van der Waals surface area contributed by atoms with Crippen LogP contribution in [0.3, 0.4) is 0 Å². The minimum Gasteiger partial charge on any atom is -0.490 e. The summed E-state index contributed by atoms with van der Waals surface area (Å²) < 4.78 is 15.2. The van der Waals surface area contributed by atoms with Gasteiger partial charge < -0.3 is 14.0 Å². The van der Waals surface area contributed by atoms with Crippen LogP contribution in [0.15, 0.2) is 149 Å². The Balaban J connectivity index is 1.47. The van der Waals surface area contributed by atoms with Crippen LogP contribution in [0.1, 0.15) is 31.0 Å². The lowest BCUT2D eigenvalue weighted by molar-refractivity contribution is -0.384. The van der Waals surface area contributed by atoms with Gasteiger partial charge >= 0.3 is 5.97 Å². The van der Waals surface area contributed by atoms with Crippen LogP contribution < -0.4 is 19.6 Å². The zero-order valence-electron chi connectivity index (χ0n) is 29.0. The Labute approximate surface area is 308 Å². The lowest BCUT2D eigenvalue weighted by Crippen LogP contribution is -2.39. The molecule has 0 spiro atoms. The molecule has 0 amide bonds. The van der Waals surface area contributed by atoms with Gasteiger partial charge in [0.2, 0.25) is 0 Å². The van der Waals surface area contributed by atoms with E-state index in [0.717, 1.165) is 28.1 Å². The third kappa shape index (κ3) is 6.77. The van der Waals surface area contributed by atoms with Crippen LogP contribution in [0.5, 0.6) is 5.75 Å². The summed E-state index contributed by atoms with van der Waals surface area (Å²) in [4.78, 5) is 44.4. The predicted molar refractivity (Wildman–Crippen MR) is 206 cm³/mol. The lowest BCUT2D eigenvalue weighted by Gasteiger charge is -2.24. The molecule has 0 radical (unpaired) electrons. The molecule has 0 N–H and O–H groups in total. The highest BCUT2D eigenvalue weighted by Gasteiger charge is 2.33. The van der Waals surface area contributed by atoms with Crippen LogP contribution in [0.4, 0.5) is 5.69 Å². The van der Waals surface area contributed by atoms with Gasteiger partial charge in [0.15, 0.2) is 4.80 Å². The molecule has 11 heteroatoms. The molecule has 1 aliphatic heterocycles. The first-order valence-electron chi connectivity index (χ1n) is 16.9. The minimum atomic E-state index is -0.793. The minimum absolute atomic E-state index is 0.0178. The summed E-state index contributed by atoms with van der Waals surface area (Å²) in [7, 11) is 0. The Hall–Kier alpha value is -6.59. The zero-order chi connectivity index (χ0) is 37.1. The van der Waals surface area contributed by atoms with Gasteiger partial charge in [-0.05, 0) is 66.9 Å². The second-order valence-electron chi connectivity index (χ2n) is 12.1. The number of benzene rings is 4. The number of thiazole rings is 1. The van der Waals surface area contributed by atoms with Gasteiger partial charge in [-0.15, -0.1) is 0 Å². The van der Waals surface area contributed by atoms with Crippen LogP contribution in [-0.4, -0.2) is 33.2 Å². The van der Waals surface area contributed by atoms with Crippen molar-refractivity contribution in [2.45, 2.75) is 19.9 Å². The van der Waals surface area contributed by atoms with Crippen molar-refractivity contribution in [2.24, 2.45) is 4.99 Å². The number of hydrogen-bond donors (Lipinski definition) is 0. The normalized spacial score (nSPS) is 14.0.